The number of nitrogens with two attached hydrogens (primary N) is 4. The van der Waals surface area contributed by atoms with Crippen molar-refractivity contribution in [2.45, 2.75) is 13.3 Å². The molecule has 0 aliphatic rings. The summed E-state index contributed by atoms with van der Waals surface area (Å²) in [5, 5.41) is 0. The van der Waals surface area contributed by atoms with Crippen LogP contribution in [0.25, 0.3) is 0 Å². The Hall–Kier alpha value is -0.160. The summed E-state index contributed by atoms with van der Waals surface area (Å²) < 4.78 is 0. The first-order valence-electron chi connectivity index (χ1n) is 3.35. The molecule has 0 aliphatic carbocycles. The lowest BCUT2D eigenvalue weighted by Gasteiger charge is -1.70. The molecule has 0 aromatic carbocycles. The predicted molar refractivity (Wildman–Crippen MR) is 49.7 cm³/mol. The van der Waals surface area contributed by atoms with E-state index < -0.39 is 0 Å². The third kappa shape index (κ3) is 520. The van der Waals surface area contributed by atoms with Gasteiger partial charge in [0.15, 0.2) is 0 Å². The number of hydrogen-bond acceptors (Lipinski definition) is 4. The molecule has 0 bridgehead atoms. The lowest BCUT2D eigenvalue weighted by molar-refractivity contribution is 0.932. The topological polar surface area (TPSA) is 104 Å². The molecule has 0 aliphatic heterocycles. The third-order valence-electron chi connectivity index (χ3n) is 0.289. The van der Waals surface area contributed by atoms with Crippen molar-refractivity contribution in [2.24, 2.45) is 22.9 Å². The molecule has 0 aromatic rings. The lowest BCUT2D eigenvalue weighted by atomic mass is 10.5. The average Bonchev–Trinajstić information content (AvgIpc) is 2.14. The molecule has 0 fully saturated rings. The van der Waals surface area contributed by atoms with Crippen LogP contribution in [0.1, 0.15) is 13.3 Å². The first-order valence-corrected chi connectivity index (χ1v) is 3.35. The maximum atomic E-state index is 5.03. The zero-order chi connectivity index (χ0) is 9.41. The summed E-state index contributed by atoms with van der Waals surface area (Å²) in [4.78, 5) is 0. The van der Waals surface area contributed by atoms with Crippen LogP contribution in [0.4, 0.5) is 0 Å². The van der Waals surface area contributed by atoms with Crippen LogP contribution in [0.2, 0.25) is 0 Å². The normalized spacial score (nSPS) is 4.80. The van der Waals surface area contributed by atoms with E-state index >= 15 is 0 Å². The Labute approximate surface area is 64.9 Å². The third-order valence-corrected chi connectivity index (χ3v) is 0.289. The van der Waals surface area contributed by atoms with Gasteiger partial charge in [0.1, 0.15) is 0 Å². The van der Waals surface area contributed by atoms with Gasteiger partial charge in [-0.15, -0.1) is 0 Å². The van der Waals surface area contributed by atoms with Crippen LogP contribution in [0, 0.1) is 0 Å². The monoisotopic (exact) mass is 152 g/mol. The van der Waals surface area contributed by atoms with Gasteiger partial charge in [0, 0.05) is 0 Å². The highest BCUT2D eigenvalue weighted by Gasteiger charge is 1.55. The zero-order valence-corrected chi connectivity index (χ0v) is 7.72. The Morgan fingerprint density at radius 1 is 0.800 bits per heavy atom. The molecular formula is C6H24N4. The van der Waals surface area contributed by atoms with Gasteiger partial charge in [0.2, 0.25) is 0 Å². The van der Waals surface area contributed by atoms with E-state index in [9.17, 15) is 0 Å². The fourth-order valence-corrected chi connectivity index (χ4v) is 0. The van der Waals surface area contributed by atoms with E-state index in [0.29, 0.717) is 0 Å². The highest BCUT2D eigenvalue weighted by Crippen LogP contribution is 1.57. The SMILES string of the molecule is CCCN.CN.CN.CN. The average molecular weight is 152 g/mol. The minimum atomic E-state index is 0.819. The molecule has 0 aromatic heterocycles. The Kier molecular flexibility index (Phi) is 362. The van der Waals surface area contributed by atoms with E-state index in [2.05, 4.69) is 24.1 Å². The summed E-state index contributed by atoms with van der Waals surface area (Å²) in [5.41, 5.74) is 18.5. The van der Waals surface area contributed by atoms with Gasteiger partial charge in [-0.25, -0.2) is 0 Å². The maximum absolute atomic E-state index is 5.03. The van der Waals surface area contributed by atoms with Crippen molar-refractivity contribution in [2.75, 3.05) is 27.7 Å². The van der Waals surface area contributed by atoms with Crippen LogP contribution in [-0.4, -0.2) is 27.7 Å². The Morgan fingerprint density at radius 3 is 0.900 bits per heavy atom. The molecule has 4 heteroatoms. The van der Waals surface area contributed by atoms with Crippen LogP contribution in [0.15, 0.2) is 0 Å². The fraction of sp³-hybridized carbons (Fsp3) is 1.00. The fourth-order valence-electron chi connectivity index (χ4n) is 0. The van der Waals surface area contributed by atoms with Crippen LogP contribution in [0.5, 0.6) is 0 Å². The first-order chi connectivity index (χ1) is 4.91. The van der Waals surface area contributed by atoms with E-state index in [-0.39, 0.29) is 0 Å². The van der Waals surface area contributed by atoms with Crippen molar-refractivity contribution in [3.63, 3.8) is 0 Å². The van der Waals surface area contributed by atoms with E-state index in [4.69, 9.17) is 5.73 Å². The van der Waals surface area contributed by atoms with Gasteiger partial charge in [-0.3, -0.25) is 0 Å². The second-order valence-corrected chi connectivity index (χ2v) is 0.789. The molecule has 4 nitrogen and oxygen atoms in total. The molecule has 0 spiro atoms. The summed E-state index contributed by atoms with van der Waals surface area (Å²) in [6.45, 7) is 2.88. The minimum absolute atomic E-state index is 0.819. The predicted octanol–water partition coefficient (Wildman–Crippen LogP) is -0.920. The highest BCUT2D eigenvalue weighted by atomic mass is 14.5. The smallest absolute Gasteiger partial charge is 0.00799 e. The van der Waals surface area contributed by atoms with Gasteiger partial charge >= 0.3 is 0 Å². The molecule has 8 N–H and O–H groups in total. The van der Waals surface area contributed by atoms with E-state index in [0.717, 1.165) is 13.0 Å². The van der Waals surface area contributed by atoms with Crippen molar-refractivity contribution in [3.05, 3.63) is 0 Å². The molecule has 0 saturated heterocycles. The van der Waals surface area contributed by atoms with Crippen molar-refractivity contribution >= 4 is 0 Å². The maximum Gasteiger partial charge on any atom is -0.00799 e. The van der Waals surface area contributed by atoms with Gasteiger partial charge in [0.05, 0.1) is 0 Å². The lowest BCUT2D eigenvalue weighted by Crippen LogP contribution is -1.93. The van der Waals surface area contributed by atoms with E-state index in [1.165, 1.54) is 21.1 Å². The van der Waals surface area contributed by atoms with Gasteiger partial charge < -0.3 is 22.9 Å². The van der Waals surface area contributed by atoms with Gasteiger partial charge in [0.25, 0.3) is 0 Å². The van der Waals surface area contributed by atoms with Crippen molar-refractivity contribution in [1.82, 2.24) is 0 Å². The quantitative estimate of drug-likeness (QED) is 0.390. The zero-order valence-electron chi connectivity index (χ0n) is 7.72. The minimum Gasteiger partial charge on any atom is -0.333 e. The van der Waals surface area contributed by atoms with Crippen molar-refractivity contribution in [3.8, 4) is 0 Å². The van der Waals surface area contributed by atoms with Gasteiger partial charge in [-0.2, -0.15) is 0 Å². The number of rotatable bonds is 1. The van der Waals surface area contributed by atoms with Crippen LogP contribution in [0.3, 0.4) is 0 Å². The molecule has 68 valence electrons. The molecule has 0 unspecified atom stereocenters. The van der Waals surface area contributed by atoms with Crippen LogP contribution >= 0.6 is 0 Å². The standard InChI is InChI=1S/C3H9N.3CH5N/c1-2-3-4;3*1-2/h2-4H2,1H3;3*2H2,1H3. The second kappa shape index (κ2) is 160. The molecule has 0 heterocycles. The Morgan fingerprint density at radius 2 is 0.900 bits per heavy atom. The summed E-state index contributed by atoms with van der Waals surface area (Å²) in [6.07, 6.45) is 1.10. The summed E-state index contributed by atoms with van der Waals surface area (Å²) >= 11 is 0. The molecule has 0 saturated carbocycles. The second-order valence-electron chi connectivity index (χ2n) is 0.789. The molecule has 10 heavy (non-hydrogen) atoms. The van der Waals surface area contributed by atoms with E-state index in [1.54, 1.807) is 0 Å². The Balaban J connectivity index is -0.0000000262. The van der Waals surface area contributed by atoms with Crippen LogP contribution < -0.4 is 22.9 Å². The summed E-state index contributed by atoms with van der Waals surface area (Å²) in [6, 6.07) is 0. The van der Waals surface area contributed by atoms with Gasteiger partial charge in [-0.1, -0.05) is 6.92 Å². The largest absolute Gasteiger partial charge is 0.333 e. The highest BCUT2D eigenvalue weighted by molar-refractivity contribution is 4.19. The molecule has 0 radical (unpaired) electrons. The van der Waals surface area contributed by atoms with Crippen molar-refractivity contribution < 1.29 is 0 Å². The molecular weight excluding hydrogens is 128 g/mol. The summed E-state index contributed by atoms with van der Waals surface area (Å²) in [5.74, 6) is 0. The van der Waals surface area contributed by atoms with Crippen LogP contribution in [-0.2, 0) is 0 Å². The molecule has 0 rings (SSSR count). The Bertz CT molecular complexity index is 11.7. The summed E-state index contributed by atoms with van der Waals surface area (Å²) in [7, 11) is 4.50. The van der Waals surface area contributed by atoms with Gasteiger partial charge in [-0.05, 0) is 34.1 Å². The molecule has 0 amide bonds. The van der Waals surface area contributed by atoms with Crippen molar-refractivity contribution in [1.29, 1.82) is 0 Å². The van der Waals surface area contributed by atoms with E-state index in [1.807, 2.05) is 0 Å². The number of hydrogen-bond donors (Lipinski definition) is 4. The molecule has 0 atom stereocenters. The first kappa shape index (κ1) is 22.5.